The Bertz CT molecular complexity index is 1180. The number of aromatic nitrogens is 2. The van der Waals surface area contributed by atoms with E-state index in [2.05, 4.69) is 10.1 Å². The van der Waals surface area contributed by atoms with Crippen molar-refractivity contribution in [2.45, 2.75) is 26.1 Å². The van der Waals surface area contributed by atoms with Crippen LogP contribution in [-0.4, -0.2) is 28.2 Å². The summed E-state index contributed by atoms with van der Waals surface area (Å²) in [6.45, 7) is 0.698. The molecule has 0 bridgehead atoms. The summed E-state index contributed by atoms with van der Waals surface area (Å²) in [6.07, 6.45) is 4.60. The van der Waals surface area contributed by atoms with Gasteiger partial charge in [0.2, 0.25) is 0 Å². The van der Waals surface area contributed by atoms with Gasteiger partial charge < -0.3 is 18.7 Å². The standard InChI is InChI=1S/C26H25N3O4/c1-31-26(30)15-14-24(21-7-3-2-4-8-21)28-33-18-20-10-12-23(13-11-20)32-19-22-17-29-16-6-5-9-25(29)27-22/h2-13,16-17H,14-15,18-19H2,1H3/b28-24-. The summed E-state index contributed by atoms with van der Waals surface area (Å²) in [5.74, 6) is 0.472. The number of methoxy groups -OCH3 is 1. The molecule has 0 saturated heterocycles. The lowest BCUT2D eigenvalue weighted by Gasteiger charge is -2.08. The number of hydrogen-bond acceptors (Lipinski definition) is 6. The van der Waals surface area contributed by atoms with Crippen molar-refractivity contribution < 1.29 is 19.1 Å². The van der Waals surface area contributed by atoms with E-state index in [-0.39, 0.29) is 12.4 Å². The topological polar surface area (TPSA) is 74.4 Å². The van der Waals surface area contributed by atoms with Crippen molar-refractivity contribution in [1.82, 2.24) is 9.38 Å². The number of oxime groups is 1. The molecule has 4 aromatic rings. The van der Waals surface area contributed by atoms with Crippen molar-refractivity contribution in [3.63, 3.8) is 0 Å². The molecule has 168 valence electrons. The highest BCUT2D eigenvalue weighted by Gasteiger charge is 2.09. The van der Waals surface area contributed by atoms with Gasteiger partial charge in [0.15, 0.2) is 0 Å². The number of esters is 1. The van der Waals surface area contributed by atoms with E-state index in [4.69, 9.17) is 14.3 Å². The second-order valence-electron chi connectivity index (χ2n) is 7.38. The molecular weight excluding hydrogens is 418 g/mol. The van der Waals surface area contributed by atoms with Gasteiger partial charge in [0.05, 0.1) is 24.9 Å². The maximum atomic E-state index is 11.5. The Morgan fingerprint density at radius 1 is 0.939 bits per heavy atom. The molecule has 7 nitrogen and oxygen atoms in total. The Kier molecular flexibility index (Phi) is 7.33. The predicted molar refractivity (Wildman–Crippen MR) is 125 cm³/mol. The Morgan fingerprint density at radius 3 is 2.48 bits per heavy atom. The SMILES string of the molecule is COC(=O)CC/C(=N/OCc1ccc(OCc2cn3ccccc3n2)cc1)c1ccccc1. The second-order valence-corrected chi connectivity index (χ2v) is 7.38. The van der Waals surface area contributed by atoms with Crippen molar-refractivity contribution >= 4 is 17.3 Å². The quantitative estimate of drug-likeness (QED) is 0.200. The molecule has 2 heterocycles. The molecule has 4 rings (SSSR count). The van der Waals surface area contributed by atoms with Crippen LogP contribution >= 0.6 is 0 Å². The molecule has 0 aliphatic rings. The lowest BCUT2D eigenvalue weighted by Crippen LogP contribution is -2.08. The lowest BCUT2D eigenvalue weighted by molar-refractivity contribution is -0.140. The minimum atomic E-state index is -0.280. The zero-order chi connectivity index (χ0) is 22.9. The summed E-state index contributed by atoms with van der Waals surface area (Å²) in [5, 5.41) is 4.28. The molecule has 0 amide bonds. The summed E-state index contributed by atoms with van der Waals surface area (Å²) in [5.41, 5.74) is 4.33. The molecule has 33 heavy (non-hydrogen) atoms. The number of nitrogens with zero attached hydrogens (tertiary/aromatic N) is 3. The first-order valence-corrected chi connectivity index (χ1v) is 10.7. The minimum absolute atomic E-state index is 0.242. The number of rotatable bonds is 10. The van der Waals surface area contributed by atoms with E-state index in [9.17, 15) is 4.79 Å². The zero-order valence-electron chi connectivity index (χ0n) is 18.4. The largest absolute Gasteiger partial charge is 0.487 e. The molecular formula is C26H25N3O4. The van der Waals surface area contributed by atoms with Gasteiger partial charge in [-0.2, -0.15) is 0 Å². The highest BCUT2D eigenvalue weighted by Crippen LogP contribution is 2.16. The maximum absolute atomic E-state index is 11.5. The molecule has 2 aromatic heterocycles. The van der Waals surface area contributed by atoms with Gasteiger partial charge in [-0.05, 0) is 35.4 Å². The first kappa shape index (κ1) is 22.1. The number of carbonyl (C=O) groups is 1. The van der Waals surface area contributed by atoms with Gasteiger partial charge in [0.25, 0.3) is 0 Å². The van der Waals surface area contributed by atoms with Crippen LogP contribution in [0.25, 0.3) is 5.65 Å². The van der Waals surface area contributed by atoms with Crippen LogP contribution in [0.1, 0.15) is 29.7 Å². The molecule has 0 saturated carbocycles. The summed E-state index contributed by atoms with van der Waals surface area (Å²) >= 11 is 0. The third-order valence-corrected chi connectivity index (χ3v) is 5.03. The number of fused-ring (bicyclic) bond motifs is 1. The Hall–Kier alpha value is -4.13. The first-order chi connectivity index (χ1) is 16.2. The van der Waals surface area contributed by atoms with Gasteiger partial charge in [-0.1, -0.05) is 53.7 Å². The van der Waals surface area contributed by atoms with Gasteiger partial charge in [-0.3, -0.25) is 4.79 Å². The average molecular weight is 444 g/mol. The van der Waals surface area contributed by atoms with Crippen LogP contribution in [0.4, 0.5) is 0 Å². The minimum Gasteiger partial charge on any atom is -0.487 e. The number of hydrogen-bond donors (Lipinski definition) is 0. The molecule has 0 atom stereocenters. The van der Waals surface area contributed by atoms with Crippen molar-refractivity contribution in [2.24, 2.45) is 5.16 Å². The Labute approximate surface area is 192 Å². The second kappa shape index (κ2) is 10.9. The van der Waals surface area contributed by atoms with Crippen LogP contribution in [0, 0.1) is 0 Å². The van der Waals surface area contributed by atoms with Crippen molar-refractivity contribution in [2.75, 3.05) is 7.11 Å². The van der Waals surface area contributed by atoms with Gasteiger partial charge in [-0.25, -0.2) is 4.98 Å². The molecule has 7 heteroatoms. The van der Waals surface area contributed by atoms with Gasteiger partial charge in [0, 0.05) is 18.8 Å². The average Bonchev–Trinajstić information content (AvgIpc) is 3.29. The molecule has 0 aliphatic carbocycles. The number of carbonyl (C=O) groups excluding carboxylic acids is 1. The van der Waals surface area contributed by atoms with Crippen LogP contribution < -0.4 is 4.74 Å². The Morgan fingerprint density at radius 2 is 1.73 bits per heavy atom. The van der Waals surface area contributed by atoms with Crippen LogP contribution in [0.3, 0.4) is 0 Å². The molecule has 0 radical (unpaired) electrons. The van der Waals surface area contributed by atoms with E-state index in [1.807, 2.05) is 89.6 Å². The summed E-state index contributed by atoms with van der Waals surface area (Å²) in [4.78, 5) is 21.6. The van der Waals surface area contributed by atoms with E-state index < -0.39 is 0 Å². The molecule has 0 spiro atoms. The van der Waals surface area contributed by atoms with E-state index in [1.54, 1.807) is 0 Å². The van der Waals surface area contributed by atoms with Crippen molar-refractivity contribution in [1.29, 1.82) is 0 Å². The van der Waals surface area contributed by atoms with E-state index in [1.165, 1.54) is 7.11 Å². The van der Waals surface area contributed by atoms with Crippen LogP contribution in [-0.2, 0) is 27.6 Å². The van der Waals surface area contributed by atoms with Gasteiger partial charge in [0.1, 0.15) is 24.6 Å². The molecule has 2 aromatic carbocycles. The van der Waals surface area contributed by atoms with Crippen LogP contribution in [0.15, 0.2) is 90.3 Å². The highest BCUT2D eigenvalue weighted by molar-refractivity contribution is 6.01. The number of imidazole rings is 1. The zero-order valence-corrected chi connectivity index (χ0v) is 18.4. The lowest BCUT2D eigenvalue weighted by atomic mass is 10.1. The predicted octanol–water partition coefficient (Wildman–Crippen LogP) is 4.79. The number of benzene rings is 2. The molecule has 0 unspecified atom stereocenters. The Balaban J connectivity index is 1.32. The molecule has 0 N–H and O–H groups in total. The van der Waals surface area contributed by atoms with Crippen LogP contribution in [0.2, 0.25) is 0 Å². The fraction of sp³-hybridized carbons (Fsp3) is 0.192. The van der Waals surface area contributed by atoms with Crippen molar-refractivity contribution in [3.05, 3.63) is 102 Å². The van der Waals surface area contributed by atoms with Gasteiger partial charge in [-0.15, -0.1) is 0 Å². The van der Waals surface area contributed by atoms with Crippen LogP contribution in [0.5, 0.6) is 5.75 Å². The fourth-order valence-electron chi connectivity index (χ4n) is 3.28. The summed E-state index contributed by atoms with van der Waals surface area (Å²) in [7, 11) is 1.38. The number of pyridine rings is 1. The third-order valence-electron chi connectivity index (χ3n) is 5.03. The monoisotopic (exact) mass is 443 g/mol. The van der Waals surface area contributed by atoms with Gasteiger partial charge >= 0.3 is 5.97 Å². The van der Waals surface area contributed by atoms with E-state index >= 15 is 0 Å². The van der Waals surface area contributed by atoms with Crippen molar-refractivity contribution in [3.8, 4) is 5.75 Å². The smallest absolute Gasteiger partial charge is 0.305 e. The third kappa shape index (κ3) is 6.20. The molecule has 0 fully saturated rings. The summed E-state index contributed by atoms with van der Waals surface area (Å²) in [6, 6.07) is 23.2. The fourth-order valence-corrected chi connectivity index (χ4v) is 3.28. The van der Waals surface area contributed by atoms with E-state index in [0.29, 0.717) is 25.3 Å². The summed E-state index contributed by atoms with van der Waals surface area (Å²) < 4.78 is 12.6. The number of ether oxygens (including phenoxy) is 2. The molecule has 0 aliphatic heterocycles. The normalized spacial score (nSPS) is 11.4. The maximum Gasteiger partial charge on any atom is 0.305 e. The first-order valence-electron chi connectivity index (χ1n) is 10.7. The highest BCUT2D eigenvalue weighted by atomic mass is 16.6. The van der Waals surface area contributed by atoms with E-state index in [0.717, 1.165) is 28.2 Å².